The first-order chi connectivity index (χ1) is 12.6. The van der Waals surface area contributed by atoms with E-state index in [1.165, 1.54) is 69.8 Å². The molecule has 6 atom stereocenters. The molecule has 0 bridgehead atoms. The molecule has 0 N–H and O–H groups in total. The van der Waals surface area contributed by atoms with Gasteiger partial charge in [-0.1, -0.05) is 45.3 Å². The molecule has 1 heterocycles. The number of hydrogen-bond donors (Lipinski definition) is 0. The van der Waals surface area contributed by atoms with Crippen molar-refractivity contribution in [1.29, 1.82) is 0 Å². The maximum atomic E-state index is 4.41. The van der Waals surface area contributed by atoms with Crippen LogP contribution in [0.25, 0.3) is 5.57 Å². The molecule has 1 nitrogen and oxygen atoms in total. The quantitative estimate of drug-likeness (QED) is 0.537. The summed E-state index contributed by atoms with van der Waals surface area (Å²) in [7, 11) is 0. The smallest absolute Gasteiger partial charge is 0.0343 e. The van der Waals surface area contributed by atoms with Crippen LogP contribution in [0.3, 0.4) is 0 Å². The molecule has 0 spiro atoms. The fourth-order valence-corrected chi connectivity index (χ4v) is 8.01. The zero-order valence-electron chi connectivity index (χ0n) is 16.7. The van der Waals surface area contributed by atoms with E-state index in [4.69, 9.17) is 0 Å². The molecule has 4 aliphatic rings. The lowest BCUT2D eigenvalue weighted by atomic mass is 9.46. The van der Waals surface area contributed by atoms with Crippen LogP contribution in [-0.4, -0.2) is 4.98 Å². The highest BCUT2D eigenvalue weighted by molar-refractivity contribution is 5.72. The summed E-state index contributed by atoms with van der Waals surface area (Å²) in [4.78, 5) is 4.41. The molecule has 1 heteroatoms. The predicted molar refractivity (Wildman–Crippen MR) is 109 cm³/mol. The minimum absolute atomic E-state index is 0.387. The molecule has 140 valence electrons. The first-order valence-corrected chi connectivity index (χ1v) is 11.2. The molecule has 1 aromatic heterocycles. The van der Waals surface area contributed by atoms with Crippen molar-refractivity contribution in [3.05, 3.63) is 36.2 Å². The Balaban J connectivity index is 1.45. The van der Waals surface area contributed by atoms with E-state index in [9.17, 15) is 0 Å². The summed E-state index contributed by atoms with van der Waals surface area (Å²) in [5, 5.41) is 0. The van der Waals surface area contributed by atoms with Gasteiger partial charge in [0.25, 0.3) is 0 Å². The highest BCUT2D eigenvalue weighted by atomic mass is 14.6. The maximum absolute atomic E-state index is 4.41. The van der Waals surface area contributed by atoms with E-state index in [1.807, 2.05) is 6.20 Å². The second-order valence-corrected chi connectivity index (χ2v) is 10.3. The van der Waals surface area contributed by atoms with Crippen LogP contribution in [0.2, 0.25) is 0 Å². The molecule has 1 aromatic rings. The van der Waals surface area contributed by atoms with Crippen molar-refractivity contribution in [3.63, 3.8) is 0 Å². The van der Waals surface area contributed by atoms with Crippen LogP contribution in [0.1, 0.15) is 83.6 Å². The summed E-state index contributed by atoms with van der Waals surface area (Å²) in [6, 6.07) is 4.39. The number of fused-ring (bicyclic) bond motifs is 5. The minimum Gasteiger partial charge on any atom is -0.264 e. The van der Waals surface area contributed by atoms with Gasteiger partial charge in [-0.05, 0) is 96.7 Å². The second kappa shape index (κ2) is 6.21. The molecule has 26 heavy (non-hydrogen) atoms. The van der Waals surface area contributed by atoms with Gasteiger partial charge in [0, 0.05) is 12.4 Å². The molecule has 3 saturated carbocycles. The van der Waals surface area contributed by atoms with E-state index in [2.05, 4.69) is 43.2 Å². The fraction of sp³-hybridized carbons (Fsp3) is 0.720. The van der Waals surface area contributed by atoms with Gasteiger partial charge in [0.05, 0.1) is 0 Å². The molecule has 0 saturated heterocycles. The third kappa shape index (κ3) is 2.38. The molecular formula is C25H35N. The van der Waals surface area contributed by atoms with E-state index >= 15 is 0 Å². The van der Waals surface area contributed by atoms with E-state index in [0.717, 1.165) is 23.7 Å². The summed E-state index contributed by atoms with van der Waals surface area (Å²) in [5.74, 6) is 3.83. The summed E-state index contributed by atoms with van der Waals surface area (Å²) in [5.41, 5.74) is 4.02. The largest absolute Gasteiger partial charge is 0.264 e. The molecule has 0 radical (unpaired) electrons. The normalized spacial score (nSPS) is 45.1. The van der Waals surface area contributed by atoms with Crippen LogP contribution in [0, 0.1) is 34.5 Å². The lowest BCUT2D eigenvalue weighted by molar-refractivity contribution is -0.0808. The van der Waals surface area contributed by atoms with Crippen molar-refractivity contribution in [3.8, 4) is 0 Å². The number of pyridine rings is 1. The Kier molecular flexibility index (Phi) is 4.07. The van der Waals surface area contributed by atoms with E-state index in [-0.39, 0.29) is 0 Å². The molecule has 5 rings (SSSR count). The average molecular weight is 350 g/mol. The third-order valence-electron chi connectivity index (χ3n) is 9.39. The lowest BCUT2D eigenvalue weighted by Gasteiger charge is -2.59. The first-order valence-electron chi connectivity index (χ1n) is 11.2. The molecule has 0 unspecified atom stereocenters. The molecule has 0 amide bonds. The van der Waals surface area contributed by atoms with Crippen LogP contribution in [0.15, 0.2) is 30.6 Å². The summed E-state index contributed by atoms with van der Waals surface area (Å²) in [6.45, 7) is 5.29. The van der Waals surface area contributed by atoms with Gasteiger partial charge in [-0.15, -0.1) is 0 Å². The number of rotatable bonds is 1. The van der Waals surface area contributed by atoms with Gasteiger partial charge >= 0.3 is 0 Å². The van der Waals surface area contributed by atoms with Crippen LogP contribution < -0.4 is 0 Å². The van der Waals surface area contributed by atoms with Gasteiger partial charge in [0.15, 0.2) is 0 Å². The molecule has 0 aliphatic heterocycles. The van der Waals surface area contributed by atoms with Crippen LogP contribution in [0.4, 0.5) is 0 Å². The SMILES string of the molecule is C[C@]12CCCCC[C@@H]1CC[C@@H]1[C@@H]2CC[C@]2(C)C(c3cccnc3)=CC[C@@H]12. The summed E-state index contributed by atoms with van der Waals surface area (Å²) < 4.78 is 0. The third-order valence-corrected chi connectivity index (χ3v) is 9.39. The van der Waals surface area contributed by atoms with E-state index < -0.39 is 0 Å². The van der Waals surface area contributed by atoms with Gasteiger partial charge in [0.2, 0.25) is 0 Å². The Morgan fingerprint density at radius 3 is 2.73 bits per heavy atom. The van der Waals surface area contributed by atoms with Crippen molar-refractivity contribution < 1.29 is 0 Å². The van der Waals surface area contributed by atoms with Crippen molar-refractivity contribution >= 4 is 5.57 Å². The Morgan fingerprint density at radius 2 is 1.88 bits per heavy atom. The lowest BCUT2D eigenvalue weighted by Crippen LogP contribution is -2.51. The van der Waals surface area contributed by atoms with Crippen LogP contribution >= 0.6 is 0 Å². The highest BCUT2D eigenvalue weighted by Crippen LogP contribution is 2.67. The monoisotopic (exact) mass is 349 g/mol. The standard InChI is InChI=1S/C25H35N/c1-24-14-5-3-4-8-19(24)9-10-20-22-12-11-21(18-7-6-16-26-17-18)25(22,2)15-13-23(20)24/h6-7,11,16-17,19-20,22-23H,3-5,8-10,12-15H2,1-2H3/t19-,20+,22+,23+,24+,25-/m1/s1. The van der Waals surface area contributed by atoms with Gasteiger partial charge in [-0.3, -0.25) is 4.98 Å². The summed E-state index contributed by atoms with van der Waals surface area (Å²) >= 11 is 0. The molecule has 4 aliphatic carbocycles. The van der Waals surface area contributed by atoms with Crippen molar-refractivity contribution in [1.82, 2.24) is 4.98 Å². The van der Waals surface area contributed by atoms with Gasteiger partial charge in [0.1, 0.15) is 0 Å². The maximum Gasteiger partial charge on any atom is 0.0343 e. The Morgan fingerprint density at radius 1 is 0.962 bits per heavy atom. The van der Waals surface area contributed by atoms with Gasteiger partial charge < -0.3 is 0 Å². The van der Waals surface area contributed by atoms with Crippen molar-refractivity contribution in [2.45, 2.75) is 78.1 Å². The fourth-order valence-electron chi connectivity index (χ4n) is 8.01. The Hall–Kier alpha value is -1.11. The molecule has 3 fully saturated rings. The topological polar surface area (TPSA) is 12.9 Å². The average Bonchev–Trinajstić information content (AvgIpc) is 2.88. The van der Waals surface area contributed by atoms with Crippen molar-refractivity contribution in [2.75, 3.05) is 0 Å². The van der Waals surface area contributed by atoms with E-state index in [0.29, 0.717) is 10.8 Å². The number of hydrogen-bond acceptors (Lipinski definition) is 1. The highest BCUT2D eigenvalue weighted by Gasteiger charge is 2.57. The molecule has 0 aromatic carbocycles. The zero-order chi connectivity index (χ0) is 17.8. The number of aromatic nitrogens is 1. The van der Waals surface area contributed by atoms with E-state index in [1.54, 1.807) is 5.57 Å². The summed E-state index contributed by atoms with van der Waals surface area (Å²) in [6.07, 6.45) is 21.2. The zero-order valence-corrected chi connectivity index (χ0v) is 16.7. The Labute approximate surface area is 159 Å². The predicted octanol–water partition coefficient (Wildman–Crippen LogP) is 6.90. The molecular weight excluding hydrogens is 314 g/mol. The van der Waals surface area contributed by atoms with Crippen molar-refractivity contribution in [2.24, 2.45) is 34.5 Å². The van der Waals surface area contributed by atoms with Gasteiger partial charge in [-0.25, -0.2) is 0 Å². The van der Waals surface area contributed by atoms with Gasteiger partial charge in [-0.2, -0.15) is 0 Å². The Bertz CT molecular complexity index is 691. The number of allylic oxidation sites excluding steroid dienone is 2. The second-order valence-electron chi connectivity index (χ2n) is 10.3. The minimum atomic E-state index is 0.387. The van der Waals surface area contributed by atoms with Crippen LogP contribution in [0.5, 0.6) is 0 Å². The first kappa shape index (κ1) is 17.0. The van der Waals surface area contributed by atoms with Crippen LogP contribution in [-0.2, 0) is 0 Å². The number of nitrogens with zero attached hydrogens (tertiary/aromatic N) is 1.